The number of carbonyl (C=O) groups excluding carboxylic acids is 1. The van der Waals surface area contributed by atoms with Gasteiger partial charge in [-0.15, -0.1) is 0 Å². The Labute approximate surface area is 201 Å². The molecule has 0 bridgehead atoms. The number of carbonyl (C=O) groups is 1. The first-order valence-electron chi connectivity index (χ1n) is 10.7. The number of amides is 1. The lowest BCUT2D eigenvalue weighted by Crippen LogP contribution is -2.26. The van der Waals surface area contributed by atoms with Gasteiger partial charge in [-0.1, -0.05) is 38.1 Å². The average molecular weight is 506 g/mol. The molecule has 0 unspecified atom stereocenters. The van der Waals surface area contributed by atoms with Crippen molar-refractivity contribution in [3.05, 3.63) is 95.3 Å². The first-order valence-corrected chi connectivity index (χ1v) is 12.6. The van der Waals surface area contributed by atoms with E-state index in [4.69, 9.17) is 0 Å². The van der Waals surface area contributed by atoms with Crippen LogP contribution in [-0.4, -0.2) is 27.1 Å². The van der Waals surface area contributed by atoms with E-state index in [1.165, 1.54) is 53.4 Å². The van der Waals surface area contributed by atoms with Gasteiger partial charge in [0, 0.05) is 11.9 Å². The molecular weight excluding hydrogens is 482 g/mol. The molecule has 1 amide bonds. The van der Waals surface area contributed by atoms with Crippen molar-refractivity contribution in [1.82, 2.24) is 0 Å². The number of hydrogen-bond acceptors (Lipinski definition) is 3. The Morgan fingerprint density at radius 2 is 1.31 bits per heavy atom. The summed E-state index contributed by atoms with van der Waals surface area (Å²) >= 11 is 0. The van der Waals surface area contributed by atoms with Crippen LogP contribution in [0, 0.1) is 5.82 Å². The van der Waals surface area contributed by atoms with E-state index >= 15 is 0 Å². The molecular formula is C26H23F4NO3S. The average Bonchev–Trinajstić information content (AvgIpc) is 3.17. The molecule has 0 aromatic heterocycles. The van der Waals surface area contributed by atoms with Crippen molar-refractivity contribution < 1.29 is 30.8 Å². The van der Waals surface area contributed by atoms with Crippen molar-refractivity contribution in [3.63, 3.8) is 0 Å². The molecule has 4 rings (SSSR count). The summed E-state index contributed by atoms with van der Waals surface area (Å²) in [5.74, 6) is -0.938. The summed E-state index contributed by atoms with van der Waals surface area (Å²) in [7, 11) is -3.42. The van der Waals surface area contributed by atoms with Crippen LogP contribution in [0.15, 0.2) is 77.7 Å². The van der Waals surface area contributed by atoms with Gasteiger partial charge in [-0.25, -0.2) is 12.8 Å². The predicted molar refractivity (Wildman–Crippen MR) is 128 cm³/mol. The Balaban J connectivity index is 0.00000167. The fraction of sp³-hybridized carbons (Fsp3) is 0.192. The molecule has 0 fully saturated rings. The zero-order valence-electron chi connectivity index (χ0n) is 19.2. The second-order valence-electron chi connectivity index (χ2n) is 7.59. The largest absolute Gasteiger partial charge is 0.416 e. The monoisotopic (exact) mass is 505 g/mol. The van der Waals surface area contributed by atoms with Gasteiger partial charge in [0.1, 0.15) is 5.82 Å². The zero-order valence-corrected chi connectivity index (χ0v) is 20.0. The van der Waals surface area contributed by atoms with Gasteiger partial charge < -0.3 is 4.90 Å². The number of anilines is 1. The Bertz CT molecular complexity index is 1340. The molecule has 0 saturated carbocycles. The first-order chi connectivity index (χ1) is 16.4. The van der Waals surface area contributed by atoms with Crippen LogP contribution in [0.25, 0.3) is 11.1 Å². The lowest BCUT2D eigenvalue weighted by atomic mass is 9.97. The molecule has 0 saturated heterocycles. The van der Waals surface area contributed by atoms with Crippen LogP contribution in [0.3, 0.4) is 0 Å². The Morgan fingerprint density at radius 1 is 0.800 bits per heavy atom. The Morgan fingerprint density at radius 3 is 1.80 bits per heavy atom. The van der Waals surface area contributed by atoms with Crippen molar-refractivity contribution >= 4 is 32.6 Å². The lowest BCUT2D eigenvalue weighted by Gasteiger charge is -2.18. The summed E-state index contributed by atoms with van der Waals surface area (Å²) in [6.07, 6.45) is -3.42. The Kier molecular flexibility index (Phi) is 7.50. The summed E-state index contributed by atoms with van der Waals surface area (Å²) in [6.45, 7) is 4.05. The van der Waals surface area contributed by atoms with Gasteiger partial charge >= 0.3 is 6.18 Å². The predicted octanol–water partition coefficient (Wildman–Crippen LogP) is 6.23. The molecule has 1 heterocycles. The Hall–Kier alpha value is -3.46. The molecule has 4 nitrogen and oxygen atoms in total. The molecule has 0 atom stereocenters. The van der Waals surface area contributed by atoms with Gasteiger partial charge in [-0.2, -0.15) is 13.2 Å². The van der Waals surface area contributed by atoms with E-state index in [1.54, 1.807) is 12.1 Å². The third-order valence-electron chi connectivity index (χ3n) is 5.35. The summed E-state index contributed by atoms with van der Waals surface area (Å²) < 4.78 is 75.8. The molecule has 0 spiro atoms. The minimum atomic E-state index is -4.50. The molecule has 0 radical (unpaired) electrons. The quantitative estimate of drug-likeness (QED) is 0.395. The normalized spacial score (nSPS) is 14.1. The number of sulfone groups is 1. The van der Waals surface area contributed by atoms with Gasteiger partial charge in [-0.05, 0) is 65.2 Å². The highest BCUT2D eigenvalue weighted by atomic mass is 32.2. The molecule has 9 heteroatoms. The van der Waals surface area contributed by atoms with E-state index in [1.807, 2.05) is 13.8 Å². The van der Waals surface area contributed by atoms with E-state index in [2.05, 4.69) is 0 Å². The second kappa shape index (κ2) is 10.0. The second-order valence-corrected chi connectivity index (χ2v) is 9.61. The first kappa shape index (κ1) is 26.2. The van der Waals surface area contributed by atoms with Gasteiger partial charge in [0.15, 0.2) is 9.84 Å². The number of halogens is 4. The SMILES string of the molecule is CC.CS(=O)(=O)c1ccc(C2=C(c3ccc(F)cc3)C(=O)N(c3ccc(C(F)(F)F)cc3)C2)cc1. The molecule has 3 aromatic carbocycles. The highest BCUT2D eigenvalue weighted by Crippen LogP contribution is 2.38. The number of benzene rings is 3. The van der Waals surface area contributed by atoms with Crippen LogP contribution < -0.4 is 4.90 Å². The van der Waals surface area contributed by atoms with Crippen LogP contribution in [0.2, 0.25) is 0 Å². The minimum absolute atomic E-state index is 0.0507. The van der Waals surface area contributed by atoms with Gasteiger partial charge in [0.25, 0.3) is 5.91 Å². The lowest BCUT2D eigenvalue weighted by molar-refractivity contribution is -0.137. The summed E-state index contributed by atoms with van der Waals surface area (Å²) in [5.41, 5.74) is 1.27. The van der Waals surface area contributed by atoms with Gasteiger partial charge in [-0.3, -0.25) is 4.79 Å². The van der Waals surface area contributed by atoms with Crippen LogP contribution in [0.5, 0.6) is 0 Å². The summed E-state index contributed by atoms with van der Waals surface area (Å²) in [5, 5.41) is 0. The molecule has 184 valence electrons. The van der Waals surface area contributed by atoms with Crippen molar-refractivity contribution in [2.45, 2.75) is 24.9 Å². The maximum atomic E-state index is 13.5. The van der Waals surface area contributed by atoms with Crippen molar-refractivity contribution in [3.8, 4) is 0 Å². The smallest absolute Gasteiger partial charge is 0.304 e. The van der Waals surface area contributed by atoms with Crippen LogP contribution >= 0.6 is 0 Å². The molecule has 3 aromatic rings. The molecule has 0 aliphatic carbocycles. The van der Waals surface area contributed by atoms with Crippen LogP contribution in [0.4, 0.5) is 23.2 Å². The van der Waals surface area contributed by atoms with Crippen molar-refractivity contribution in [2.24, 2.45) is 0 Å². The fourth-order valence-electron chi connectivity index (χ4n) is 3.67. The van der Waals surface area contributed by atoms with E-state index in [-0.39, 0.29) is 22.7 Å². The van der Waals surface area contributed by atoms with Crippen LogP contribution in [-0.2, 0) is 20.8 Å². The molecule has 35 heavy (non-hydrogen) atoms. The van der Waals surface area contributed by atoms with Crippen LogP contribution in [0.1, 0.15) is 30.5 Å². The van der Waals surface area contributed by atoms with Gasteiger partial charge in [0.05, 0.1) is 22.6 Å². The third kappa shape index (κ3) is 5.62. The van der Waals surface area contributed by atoms with Crippen molar-refractivity contribution in [1.29, 1.82) is 0 Å². The maximum absolute atomic E-state index is 13.5. The number of rotatable bonds is 4. The topological polar surface area (TPSA) is 54.5 Å². The fourth-order valence-corrected chi connectivity index (χ4v) is 4.30. The molecule has 0 N–H and O–H groups in total. The van der Waals surface area contributed by atoms with E-state index in [0.717, 1.165) is 18.4 Å². The molecule has 1 aliphatic heterocycles. The number of hydrogen-bond donors (Lipinski definition) is 0. The van der Waals surface area contributed by atoms with E-state index in [9.17, 15) is 30.8 Å². The minimum Gasteiger partial charge on any atom is -0.304 e. The molecule has 1 aliphatic rings. The maximum Gasteiger partial charge on any atom is 0.416 e. The third-order valence-corrected chi connectivity index (χ3v) is 6.48. The highest BCUT2D eigenvalue weighted by Gasteiger charge is 2.34. The van der Waals surface area contributed by atoms with Gasteiger partial charge in [0.2, 0.25) is 0 Å². The van der Waals surface area contributed by atoms with E-state index in [0.29, 0.717) is 16.7 Å². The standard InChI is InChI=1S/C24H17F4NO3S.C2H6/c1-33(31,32)20-12-4-15(5-13-20)21-14-29(19-10-6-17(7-11-19)24(26,27)28)23(30)22(21)16-2-8-18(25)9-3-16;1-2/h2-13H,14H2,1H3;1-2H3. The van der Waals surface area contributed by atoms with E-state index < -0.39 is 33.3 Å². The summed E-state index contributed by atoms with van der Waals surface area (Å²) in [4.78, 5) is 14.8. The summed E-state index contributed by atoms with van der Waals surface area (Å²) in [6, 6.07) is 15.5. The number of alkyl halides is 3. The zero-order chi connectivity index (χ0) is 26.0. The van der Waals surface area contributed by atoms with Crippen molar-refractivity contribution in [2.75, 3.05) is 17.7 Å². The number of nitrogens with zero attached hydrogens (tertiary/aromatic N) is 1. The highest BCUT2D eigenvalue weighted by molar-refractivity contribution is 7.90.